The number of nitrogens with one attached hydrogen (secondary N) is 1. The molecule has 0 unspecified atom stereocenters. The van der Waals surface area contributed by atoms with Crippen LogP contribution in [0.5, 0.6) is 0 Å². The van der Waals surface area contributed by atoms with E-state index in [0.29, 0.717) is 17.9 Å². The van der Waals surface area contributed by atoms with E-state index in [2.05, 4.69) is 15.5 Å². The van der Waals surface area contributed by atoms with Crippen LogP contribution in [-0.4, -0.2) is 11.1 Å². The smallest absolute Gasteiger partial charge is 0.370 e. The molecule has 0 radical (unpaired) electrons. The number of guanidine groups is 1. The van der Waals surface area contributed by atoms with Gasteiger partial charge in [-0.25, -0.2) is 4.99 Å². The fourth-order valence-corrected chi connectivity index (χ4v) is 2.01. The summed E-state index contributed by atoms with van der Waals surface area (Å²) in [6.45, 7) is 4.04. The first kappa shape index (κ1) is 16.9. The average Bonchev–Trinajstić information content (AvgIpc) is 2.81. The minimum absolute atomic E-state index is 0.0599. The monoisotopic (exact) mass is 326 g/mol. The molecule has 124 valence electrons. The fourth-order valence-electron chi connectivity index (χ4n) is 2.01. The van der Waals surface area contributed by atoms with Gasteiger partial charge >= 0.3 is 6.18 Å². The Morgan fingerprint density at radius 2 is 2.09 bits per heavy atom. The van der Waals surface area contributed by atoms with Crippen LogP contribution < -0.4 is 11.1 Å². The van der Waals surface area contributed by atoms with Crippen molar-refractivity contribution in [3.8, 4) is 0 Å². The molecule has 5 nitrogen and oxygen atoms in total. The van der Waals surface area contributed by atoms with Gasteiger partial charge in [-0.15, -0.1) is 0 Å². The molecule has 1 aromatic carbocycles. The molecule has 0 saturated heterocycles. The predicted octanol–water partition coefficient (Wildman–Crippen LogP) is 2.91. The summed E-state index contributed by atoms with van der Waals surface area (Å²) in [6, 6.07) is 5.00. The Labute approximate surface area is 131 Å². The van der Waals surface area contributed by atoms with Crippen LogP contribution in [0.25, 0.3) is 0 Å². The van der Waals surface area contributed by atoms with Gasteiger partial charge in [-0.1, -0.05) is 17.3 Å². The van der Waals surface area contributed by atoms with E-state index in [1.807, 2.05) is 6.92 Å². The second-order valence-corrected chi connectivity index (χ2v) is 5.06. The van der Waals surface area contributed by atoms with E-state index in [4.69, 9.17) is 10.3 Å². The molecule has 8 heteroatoms. The second-order valence-electron chi connectivity index (χ2n) is 5.06. The second kappa shape index (κ2) is 6.72. The van der Waals surface area contributed by atoms with Crippen molar-refractivity contribution in [3.63, 3.8) is 0 Å². The minimum Gasteiger partial charge on any atom is -0.370 e. The molecule has 0 atom stereocenters. The Balaban J connectivity index is 1.97. The molecule has 0 bridgehead atoms. The van der Waals surface area contributed by atoms with Crippen LogP contribution in [-0.2, 0) is 19.3 Å². The topological polar surface area (TPSA) is 76.4 Å². The molecule has 0 aliphatic heterocycles. The summed E-state index contributed by atoms with van der Waals surface area (Å²) in [5.74, 6) is 0.822. The first-order valence-corrected chi connectivity index (χ1v) is 6.89. The molecule has 0 amide bonds. The summed E-state index contributed by atoms with van der Waals surface area (Å²) in [6.07, 6.45) is -4.37. The third kappa shape index (κ3) is 4.48. The normalized spacial score (nSPS) is 12.5. The SMILES string of the molecule is Cc1noc(C)c1CNC(N)=NCc1cccc(C(F)(F)F)c1. The number of nitrogens with zero attached hydrogens (tertiary/aromatic N) is 2. The molecule has 0 aliphatic carbocycles. The van der Waals surface area contributed by atoms with E-state index in [-0.39, 0.29) is 12.5 Å². The summed E-state index contributed by atoms with van der Waals surface area (Å²) in [5, 5.41) is 6.71. The van der Waals surface area contributed by atoms with Crippen LogP contribution in [0.4, 0.5) is 13.2 Å². The molecule has 0 fully saturated rings. The molecule has 23 heavy (non-hydrogen) atoms. The van der Waals surface area contributed by atoms with Crippen molar-refractivity contribution in [2.24, 2.45) is 10.7 Å². The first-order valence-electron chi connectivity index (χ1n) is 6.89. The van der Waals surface area contributed by atoms with Gasteiger partial charge in [0.1, 0.15) is 5.76 Å². The number of hydrogen-bond acceptors (Lipinski definition) is 3. The van der Waals surface area contributed by atoms with Gasteiger partial charge in [0.25, 0.3) is 0 Å². The van der Waals surface area contributed by atoms with E-state index in [1.54, 1.807) is 13.0 Å². The van der Waals surface area contributed by atoms with Crippen molar-refractivity contribution in [3.05, 3.63) is 52.4 Å². The summed E-state index contributed by atoms with van der Waals surface area (Å²) < 4.78 is 42.9. The lowest BCUT2D eigenvalue weighted by atomic mass is 10.1. The van der Waals surface area contributed by atoms with Gasteiger partial charge in [0, 0.05) is 12.1 Å². The fraction of sp³-hybridized carbons (Fsp3) is 0.333. The summed E-state index contributed by atoms with van der Waals surface area (Å²) >= 11 is 0. The van der Waals surface area contributed by atoms with E-state index in [1.165, 1.54) is 6.07 Å². The van der Waals surface area contributed by atoms with Crippen molar-refractivity contribution in [2.75, 3.05) is 0 Å². The van der Waals surface area contributed by atoms with Crippen LogP contribution in [0.2, 0.25) is 0 Å². The number of hydrogen-bond donors (Lipinski definition) is 2. The van der Waals surface area contributed by atoms with Crippen molar-refractivity contribution in [2.45, 2.75) is 33.1 Å². The van der Waals surface area contributed by atoms with Crippen molar-refractivity contribution < 1.29 is 17.7 Å². The lowest BCUT2D eigenvalue weighted by Crippen LogP contribution is -2.31. The molecule has 1 heterocycles. The predicted molar refractivity (Wildman–Crippen MR) is 79.6 cm³/mol. The average molecular weight is 326 g/mol. The zero-order chi connectivity index (χ0) is 17.0. The third-order valence-corrected chi connectivity index (χ3v) is 3.31. The zero-order valence-corrected chi connectivity index (χ0v) is 12.7. The maximum Gasteiger partial charge on any atom is 0.416 e. The van der Waals surface area contributed by atoms with Crippen LogP contribution in [0.3, 0.4) is 0 Å². The van der Waals surface area contributed by atoms with Gasteiger partial charge in [0.15, 0.2) is 5.96 Å². The maximum atomic E-state index is 12.6. The van der Waals surface area contributed by atoms with Crippen LogP contribution in [0, 0.1) is 13.8 Å². The molecule has 0 aliphatic rings. The molecule has 0 saturated carbocycles. The van der Waals surface area contributed by atoms with Gasteiger partial charge < -0.3 is 15.6 Å². The first-order chi connectivity index (χ1) is 10.8. The number of aryl methyl sites for hydroxylation is 2. The Bertz CT molecular complexity index is 687. The van der Waals surface area contributed by atoms with Gasteiger partial charge in [0.05, 0.1) is 17.8 Å². The summed E-state index contributed by atoms with van der Waals surface area (Å²) in [7, 11) is 0. The quantitative estimate of drug-likeness (QED) is 0.669. The molecular formula is C15H17F3N4O. The number of nitrogens with two attached hydrogens (primary N) is 1. The highest BCUT2D eigenvalue weighted by molar-refractivity contribution is 5.77. The van der Waals surface area contributed by atoms with E-state index in [9.17, 15) is 13.2 Å². The lowest BCUT2D eigenvalue weighted by Gasteiger charge is -2.08. The van der Waals surface area contributed by atoms with Gasteiger partial charge in [0.2, 0.25) is 0 Å². The molecule has 3 N–H and O–H groups in total. The lowest BCUT2D eigenvalue weighted by molar-refractivity contribution is -0.137. The Hall–Kier alpha value is -2.51. The van der Waals surface area contributed by atoms with Gasteiger partial charge in [-0.2, -0.15) is 13.2 Å². The van der Waals surface area contributed by atoms with Crippen molar-refractivity contribution in [1.29, 1.82) is 0 Å². The van der Waals surface area contributed by atoms with Crippen LogP contribution in [0.15, 0.2) is 33.8 Å². The number of halogens is 3. The Morgan fingerprint density at radius 1 is 1.35 bits per heavy atom. The number of aromatic nitrogens is 1. The number of aliphatic imine (C=N–C) groups is 1. The van der Waals surface area contributed by atoms with E-state index in [0.717, 1.165) is 23.4 Å². The third-order valence-electron chi connectivity index (χ3n) is 3.31. The van der Waals surface area contributed by atoms with Crippen molar-refractivity contribution >= 4 is 5.96 Å². The maximum absolute atomic E-state index is 12.6. The standard InChI is InChI=1S/C15H17F3N4O/c1-9-13(10(2)23-22-9)8-21-14(19)20-7-11-4-3-5-12(6-11)15(16,17)18/h3-6H,7-8H2,1-2H3,(H3,19,20,21). The summed E-state index contributed by atoms with van der Waals surface area (Å²) in [5.41, 5.74) is 7.09. The minimum atomic E-state index is -4.37. The summed E-state index contributed by atoms with van der Waals surface area (Å²) in [4.78, 5) is 4.04. The van der Waals surface area contributed by atoms with E-state index >= 15 is 0 Å². The number of rotatable bonds is 4. The molecule has 1 aromatic heterocycles. The van der Waals surface area contributed by atoms with Crippen molar-refractivity contribution in [1.82, 2.24) is 10.5 Å². The van der Waals surface area contributed by atoms with Crippen LogP contribution >= 0.6 is 0 Å². The highest BCUT2D eigenvalue weighted by Crippen LogP contribution is 2.29. The molecule has 0 spiro atoms. The number of alkyl halides is 3. The largest absolute Gasteiger partial charge is 0.416 e. The molecule has 2 aromatic rings. The molecular weight excluding hydrogens is 309 g/mol. The van der Waals surface area contributed by atoms with E-state index < -0.39 is 11.7 Å². The van der Waals surface area contributed by atoms with Gasteiger partial charge in [-0.3, -0.25) is 0 Å². The Morgan fingerprint density at radius 3 is 2.70 bits per heavy atom. The number of benzene rings is 1. The van der Waals surface area contributed by atoms with Gasteiger partial charge in [-0.05, 0) is 31.5 Å². The zero-order valence-electron chi connectivity index (χ0n) is 12.7. The highest BCUT2D eigenvalue weighted by atomic mass is 19.4. The van der Waals surface area contributed by atoms with Crippen LogP contribution in [0.1, 0.15) is 28.1 Å². The Kier molecular flexibility index (Phi) is 4.92. The molecule has 2 rings (SSSR count). The highest BCUT2D eigenvalue weighted by Gasteiger charge is 2.30.